The Hall–Kier alpha value is -2.87. The van der Waals surface area contributed by atoms with Gasteiger partial charge in [-0.1, -0.05) is 65.2 Å². The van der Waals surface area contributed by atoms with Crippen LogP contribution in [-0.2, 0) is 14.8 Å². The van der Waals surface area contributed by atoms with E-state index < -0.39 is 22.5 Å². The number of anilines is 1. The number of carbonyl (C=O) groups excluding carboxylic acids is 1. The number of nitrogens with zero attached hydrogens (tertiary/aromatic N) is 2. The van der Waals surface area contributed by atoms with Gasteiger partial charge in [0.2, 0.25) is 0 Å². The van der Waals surface area contributed by atoms with Crippen LogP contribution < -0.4 is 9.73 Å². The van der Waals surface area contributed by atoms with Crippen molar-refractivity contribution in [3.8, 4) is 0 Å². The lowest BCUT2D eigenvalue weighted by molar-refractivity contribution is -0.119. The third kappa shape index (κ3) is 5.68. The van der Waals surface area contributed by atoms with Crippen LogP contribution in [0.2, 0.25) is 10.0 Å². The van der Waals surface area contributed by atoms with E-state index in [-0.39, 0.29) is 10.6 Å². The largest absolute Gasteiger partial charge is 0.271 e. The molecule has 1 N–H and O–H groups in total. The van der Waals surface area contributed by atoms with Crippen LogP contribution >= 0.6 is 23.2 Å². The van der Waals surface area contributed by atoms with Gasteiger partial charge in [-0.3, -0.25) is 9.10 Å². The van der Waals surface area contributed by atoms with Gasteiger partial charge in [-0.15, -0.1) is 0 Å². The van der Waals surface area contributed by atoms with Crippen molar-refractivity contribution >= 4 is 51.0 Å². The van der Waals surface area contributed by atoms with Crippen molar-refractivity contribution in [3.05, 3.63) is 93.5 Å². The molecular formula is C23H21Cl2N3O3S. The molecule has 3 rings (SSSR count). The van der Waals surface area contributed by atoms with Crippen LogP contribution in [0, 0.1) is 13.8 Å². The molecule has 9 heteroatoms. The molecule has 0 saturated carbocycles. The Morgan fingerprint density at radius 1 is 1.00 bits per heavy atom. The lowest BCUT2D eigenvalue weighted by Gasteiger charge is -2.24. The fraction of sp³-hybridized carbons (Fsp3) is 0.130. The molecule has 0 heterocycles. The van der Waals surface area contributed by atoms with Gasteiger partial charge in [-0.2, -0.15) is 5.10 Å². The lowest BCUT2D eigenvalue weighted by atomic mass is 10.2. The Morgan fingerprint density at radius 3 is 2.34 bits per heavy atom. The standard InChI is InChI=1S/C23H21Cl2N3O3S/c1-16-7-11-20(12-8-16)32(30,31)28(19-10-9-17(2)22(25)13-19)15-23(29)27-26-14-18-5-3-4-6-21(18)24/h3-14H,15H2,1-2H3,(H,27,29)/b26-14-. The van der Waals surface area contributed by atoms with Crippen molar-refractivity contribution in [2.45, 2.75) is 18.7 Å². The molecule has 0 saturated heterocycles. The van der Waals surface area contributed by atoms with Gasteiger partial charge < -0.3 is 0 Å². The summed E-state index contributed by atoms with van der Waals surface area (Å²) in [6.45, 7) is 3.18. The van der Waals surface area contributed by atoms with Gasteiger partial charge in [-0.25, -0.2) is 13.8 Å². The van der Waals surface area contributed by atoms with Gasteiger partial charge in [0.05, 0.1) is 16.8 Å². The summed E-state index contributed by atoms with van der Waals surface area (Å²) >= 11 is 12.3. The highest BCUT2D eigenvalue weighted by Gasteiger charge is 2.27. The summed E-state index contributed by atoms with van der Waals surface area (Å²) in [5.74, 6) is -0.624. The molecule has 0 fully saturated rings. The monoisotopic (exact) mass is 489 g/mol. The molecule has 32 heavy (non-hydrogen) atoms. The van der Waals surface area contributed by atoms with Crippen LogP contribution in [-0.4, -0.2) is 27.1 Å². The molecule has 0 spiro atoms. The number of nitrogens with one attached hydrogen (secondary N) is 1. The maximum Gasteiger partial charge on any atom is 0.264 e. The van der Waals surface area contributed by atoms with Gasteiger partial charge in [0.1, 0.15) is 6.54 Å². The average Bonchev–Trinajstić information content (AvgIpc) is 2.75. The topological polar surface area (TPSA) is 78.8 Å². The van der Waals surface area contributed by atoms with Crippen LogP contribution in [0.25, 0.3) is 0 Å². The molecule has 1 amide bonds. The summed E-state index contributed by atoms with van der Waals surface area (Å²) in [5.41, 5.74) is 4.94. The summed E-state index contributed by atoms with van der Waals surface area (Å²) in [6.07, 6.45) is 1.39. The zero-order valence-electron chi connectivity index (χ0n) is 17.4. The van der Waals surface area contributed by atoms with E-state index in [1.54, 1.807) is 55.5 Å². The Labute approximate surface area is 197 Å². The van der Waals surface area contributed by atoms with E-state index in [1.807, 2.05) is 6.92 Å². The number of sulfonamides is 1. The number of hydrogen-bond acceptors (Lipinski definition) is 4. The van der Waals surface area contributed by atoms with Crippen LogP contribution in [0.5, 0.6) is 0 Å². The summed E-state index contributed by atoms with van der Waals surface area (Å²) in [7, 11) is -4.04. The summed E-state index contributed by atoms with van der Waals surface area (Å²) in [6, 6.07) is 18.2. The Morgan fingerprint density at radius 2 is 1.69 bits per heavy atom. The molecule has 166 valence electrons. The Bertz CT molecular complexity index is 1260. The lowest BCUT2D eigenvalue weighted by Crippen LogP contribution is -2.39. The van der Waals surface area contributed by atoms with Gasteiger partial charge in [0.25, 0.3) is 15.9 Å². The second kappa shape index (κ2) is 10.2. The quantitative estimate of drug-likeness (QED) is 0.376. The molecular weight excluding hydrogens is 469 g/mol. The Balaban J connectivity index is 1.88. The molecule has 0 aliphatic rings. The van der Waals surface area contributed by atoms with Crippen LogP contribution in [0.15, 0.2) is 76.7 Å². The van der Waals surface area contributed by atoms with E-state index >= 15 is 0 Å². The molecule has 3 aromatic rings. The molecule has 0 radical (unpaired) electrons. The smallest absolute Gasteiger partial charge is 0.264 e. The summed E-state index contributed by atoms with van der Waals surface area (Å²) in [5, 5.41) is 4.76. The molecule has 0 atom stereocenters. The number of rotatable bonds is 7. The number of hydrogen-bond donors (Lipinski definition) is 1. The minimum Gasteiger partial charge on any atom is -0.271 e. The van der Waals surface area contributed by atoms with E-state index in [4.69, 9.17) is 23.2 Å². The van der Waals surface area contributed by atoms with Crippen molar-refractivity contribution in [2.24, 2.45) is 5.10 Å². The van der Waals surface area contributed by atoms with E-state index in [0.29, 0.717) is 15.6 Å². The molecule has 3 aromatic carbocycles. The van der Waals surface area contributed by atoms with Gasteiger partial charge in [-0.05, 0) is 49.7 Å². The second-order valence-corrected chi connectivity index (χ2v) is 9.75. The molecule has 6 nitrogen and oxygen atoms in total. The number of hydrazone groups is 1. The van der Waals surface area contributed by atoms with Gasteiger partial charge in [0, 0.05) is 15.6 Å². The van der Waals surface area contributed by atoms with Crippen molar-refractivity contribution in [2.75, 3.05) is 10.8 Å². The van der Waals surface area contributed by atoms with Crippen LogP contribution in [0.3, 0.4) is 0 Å². The van der Waals surface area contributed by atoms with Crippen molar-refractivity contribution < 1.29 is 13.2 Å². The normalized spacial score (nSPS) is 11.5. The first-order valence-electron chi connectivity index (χ1n) is 9.60. The van der Waals surface area contributed by atoms with E-state index in [0.717, 1.165) is 15.4 Å². The average molecular weight is 490 g/mol. The molecule has 0 bridgehead atoms. The minimum atomic E-state index is -4.04. The summed E-state index contributed by atoms with van der Waals surface area (Å²) < 4.78 is 27.7. The highest BCUT2D eigenvalue weighted by atomic mass is 35.5. The van der Waals surface area contributed by atoms with Crippen molar-refractivity contribution in [3.63, 3.8) is 0 Å². The zero-order chi connectivity index (χ0) is 23.3. The maximum absolute atomic E-state index is 13.4. The van der Waals surface area contributed by atoms with Gasteiger partial charge in [0.15, 0.2) is 0 Å². The van der Waals surface area contributed by atoms with E-state index in [9.17, 15) is 13.2 Å². The number of amides is 1. The highest BCUT2D eigenvalue weighted by molar-refractivity contribution is 7.92. The Kier molecular flexibility index (Phi) is 7.56. The third-order valence-electron chi connectivity index (χ3n) is 4.64. The SMILES string of the molecule is Cc1ccc(S(=O)(=O)N(CC(=O)N/N=C\c2ccccc2Cl)c2ccc(C)c(Cl)c2)cc1. The second-order valence-electron chi connectivity index (χ2n) is 7.07. The predicted molar refractivity (Wildman–Crippen MR) is 129 cm³/mol. The summed E-state index contributed by atoms with van der Waals surface area (Å²) in [4.78, 5) is 12.7. The first-order chi connectivity index (χ1) is 15.2. The minimum absolute atomic E-state index is 0.0622. The van der Waals surface area contributed by atoms with Crippen LogP contribution in [0.4, 0.5) is 5.69 Å². The van der Waals surface area contributed by atoms with E-state index in [2.05, 4.69) is 10.5 Å². The van der Waals surface area contributed by atoms with Gasteiger partial charge >= 0.3 is 0 Å². The number of halogens is 2. The molecule has 0 unspecified atom stereocenters. The first kappa shape index (κ1) is 23.8. The number of carbonyl (C=O) groups is 1. The fourth-order valence-corrected chi connectivity index (χ4v) is 4.58. The molecule has 0 aliphatic heterocycles. The fourth-order valence-electron chi connectivity index (χ4n) is 2.81. The third-order valence-corrected chi connectivity index (χ3v) is 7.18. The van der Waals surface area contributed by atoms with Crippen molar-refractivity contribution in [1.82, 2.24) is 5.43 Å². The van der Waals surface area contributed by atoms with Crippen LogP contribution in [0.1, 0.15) is 16.7 Å². The number of benzene rings is 3. The highest BCUT2D eigenvalue weighted by Crippen LogP contribution is 2.28. The maximum atomic E-state index is 13.4. The van der Waals surface area contributed by atoms with Crippen molar-refractivity contribution in [1.29, 1.82) is 0 Å². The number of aryl methyl sites for hydroxylation is 2. The van der Waals surface area contributed by atoms with E-state index in [1.165, 1.54) is 24.4 Å². The predicted octanol–water partition coefficient (Wildman–Crippen LogP) is 4.96. The first-order valence-corrected chi connectivity index (χ1v) is 11.8. The molecule has 0 aliphatic carbocycles. The zero-order valence-corrected chi connectivity index (χ0v) is 19.7. The molecule has 0 aromatic heterocycles.